The number of fused-ring (bicyclic) bond motifs is 1. The smallest absolute Gasteiger partial charge is 0.356 e. The summed E-state index contributed by atoms with van der Waals surface area (Å²) in [5, 5.41) is 14.6. The van der Waals surface area contributed by atoms with Gasteiger partial charge < -0.3 is 10.6 Å². The minimum absolute atomic E-state index is 0. The lowest BCUT2D eigenvalue weighted by atomic mass is 10.1. The molecule has 0 aliphatic rings. The normalized spacial score (nSPS) is 13.0. The van der Waals surface area contributed by atoms with Crippen molar-refractivity contribution in [1.82, 2.24) is 25.2 Å². The molecule has 1 atom stereocenters. The number of nitrogens with zero attached hydrogens (tertiary/aromatic N) is 4. The number of pyridine rings is 1. The minimum atomic E-state index is -4.36. The number of nitrogens with one attached hydrogen (secondary N) is 2. The Morgan fingerprint density at radius 3 is 2.70 bits per heavy atom. The van der Waals surface area contributed by atoms with E-state index in [0.29, 0.717) is 18.1 Å². The van der Waals surface area contributed by atoms with E-state index in [-0.39, 0.29) is 30.0 Å². The molecule has 0 fully saturated rings. The third-order valence-corrected chi connectivity index (χ3v) is 4.54. The first-order valence-corrected chi connectivity index (χ1v) is 9.31. The van der Waals surface area contributed by atoms with Gasteiger partial charge in [0.05, 0.1) is 11.6 Å². The largest absolute Gasteiger partial charge is 0.416 e. The molecular formula is C20H24F3IN6. The summed E-state index contributed by atoms with van der Waals surface area (Å²) in [4.78, 5) is 4.15. The van der Waals surface area contributed by atoms with E-state index >= 15 is 0 Å². The van der Waals surface area contributed by atoms with Gasteiger partial charge in [0, 0.05) is 26.2 Å². The second-order valence-corrected chi connectivity index (χ2v) is 6.64. The maximum atomic E-state index is 12.9. The standard InChI is InChI=1S/C20H23F3N6.HI/c1-14(15-7-5-8-16(13-15)20(21,22)23)26-19(24-2)25-11-6-10-18-28-27-17-9-3-4-12-29(17)18;/h3-5,7-9,12-14H,6,10-11H2,1-2H3,(H2,24,25,26);1H. The molecule has 3 aromatic rings. The number of aryl methyl sites for hydroxylation is 1. The molecule has 162 valence electrons. The fourth-order valence-corrected chi connectivity index (χ4v) is 2.98. The summed E-state index contributed by atoms with van der Waals surface area (Å²) in [6, 6.07) is 10.7. The quantitative estimate of drug-likeness (QED) is 0.216. The number of benzene rings is 1. The van der Waals surface area contributed by atoms with Crippen LogP contribution in [0.5, 0.6) is 0 Å². The van der Waals surface area contributed by atoms with Crippen LogP contribution in [0.3, 0.4) is 0 Å². The predicted octanol–water partition coefficient (Wildman–Crippen LogP) is 4.22. The summed E-state index contributed by atoms with van der Waals surface area (Å²) < 4.78 is 40.7. The van der Waals surface area contributed by atoms with Gasteiger partial charge in [-0.25, -0.2) is 0 Å². The number of alkyl halides is 3. The van der Waals surface area contributed by atoms with E-state index in [4.69, 9.17) is 0 Å². The lowest BCUT2D eigenvalue weighted by Gasteiger charge is -2.19. The Morgan fingerprint density at radius 1 is 1.17 bits per heavy atom. The molecule has 6 nitrogen and oxygen atoms in total. The Bertz CT molecular complexity index is 986. The number of hydrogen-bond donors (Lipinski definition) is 2. The van der Waals surface area contributed by atoms with Crippen LogP contribution in [0.4, 0.5) is 13.2 Å². The van der Waals surface area contributed by atoms with Gasteiger partial charge in [-0.05, 0) is 43.2 Å². The van der Waals surface area contributed by atoms with Crippen molar-refractivity contribution in [3.63, 3.8) is 0 Å². The summed E-state index contributed by atoms with van der Waals surface area (Å²) in [5.41, 5.74) is 0.688. The van der Waals surface area contributed by atoms with Crippen molar-refractivity contribution in [3.05, 3.63) is 65.6 Å². The molecule has 0 amide bonds. The molecule has 0 saturated heterocycles. The van der Waals surface area contributed by atoms with Gasteiger partial charge in [-0.1, -0.05) is 18.2 Å². The van der Waals surface area contributed by atoms with Gasteiger partial charge in [0.2, 0.25) is 0 Å². The highest BCUT2D eigenvalue weighted by Crippen LogP contribution is 2.30. The molecule has 0 aliphatic heterocycles. The topological polar surface area (TPSA) is 66.6 Å². The predicted molar refractivity (Wildman–Crippen MR) is 121 cm³/mol. The van der Waals surface area contributed by atoms with Gasteiger partial charge in [0.25, 0.3) is 0 Å². The summed E-state index contributed by atoms with van der Waals surface area (Å²) in [7, 11) is 1.63. The highest BCUT2D eigenvalue weighted by molar-refractivity contribution is 14.0. The fraction of sp³-hybridized carbons (Fsp3) is 0.350. The molecule has 2 aromatic heterocycles. The highest BCUT2D eigenvalue weighted by Gasteiger charge is 2.30. The summed E-state index contributed by atoms with van der Waals surface area (Å²) in [6.45, 7) is 2.43. The molecule has 0 radical (unpaired) electrons. The molecular weight excluding hydrogens is 508 g/mol. The van der Waals surface area contributed by atoms with Gasteiger partial charge in [-0.15, -0.1) is 34.2 Å². The number of guanidine groups is 1. The minimum Gasteiger partial charge on any atom is -0.356 e. The molecule has 2 N–H and O–H groups in total. The van der Waals surface area contributed by atoms with Crippen LogP contribution in [0.1, 0.15) is 36.3 Å². The summed E-state index contributed by atoms with van der Waals surface area (Å²) >= 11 is 0. The molecule has 0 bridgehead atoms. The lowest BCUT2D eigenvalue weighted by molar-refractivity contribution is -0.137. The van der Waals surface area contributed by atoms with Crippen molar-refractivity contribution in [2.45, 2.75) is 32.0 Å². The average Bonchev–Trinajstić information content (AvgIpc) is 3.12. The third kappa shape index (κ3) is 6.07. The average molecular weight is 532 g/mol. The second-order valence-electron chi connectivity index (χ2n) is 6.64. The molecule has 1 aromatic carbocycles. The molecule has 3 rings (SSSR count). The van der Waals surface area contributed by atoms with Crippen LogP contribution in [0, 0.1) is 0 Å². The van der Waals surface area contributed by atoms with Gasteiger partial charge in [0.15, 0.2) is 11.6 Å². The molecule has 2 heterocycles. The highest BCUT2D eigenvalue weighted by atomic mass is 127. The van der Waals surface area contributed by atoms with E-state index in [1.807, 2.05) is 28.8 Å². The zero-order valence-electron chi connectivity index (χ0n) is 16.6. The molecule has 0 spiro atoms. The van der Waals surface area contributed by atoms with E-state index < -0.39 is 11.7 Å². The van der Waals surface area contributed by atoms with Gasteiger partial charge in [0.1, 0.15) is 5.82 Å². The van der Waals surface area contributed by atoms with Gasteiger partial charge >= 0.3 is 6.18 Å². The van der Waals surface area contributed by atoms with Crippen molar-refractivity contribution >= 4 is 35.6 Å². The number of aromatic nitrogens is 3. The molecule has 0 saturated carbocycles. The van der Waals surface area contributed by atoms with Crippen LogP contribution in [-0.4, -0.2) is 34.2 Å². The molecule has 10 heteroatoms. The first kappa shape index (κ1) is 23.9. The van der Waals surface area contributed by atoms with Crippen LogP contribution in [-0.2, 0) is 12.6 Å². The maximum absolute atomic E-state index is 12.9. The van der Waals surface area contributed by atoms with E-state index in [1.165, 1.54) is 6.07 Å². The van der Waals surface area contributed by atoms with E-state index in [1.54, 1.807) is 20.0 Å². The number of hydrogen-bond acceptors (Lipinski definition) is 3. The Labute approximate surface area is 190 Å². The Balaban J connectivity index is 0.00000320. The maximum Gasteiger partial charge on any atom is 0.416 e. The summed E-state index contributed by atoms with van der Waals surface area (Å²) in [5.74, 6) is 1.41. The lowest BCUT2D eigenvalue weighted by Crippen LogP contribution is -2.39. The Kier molecular flexibility index (Phi) is 8.44. The van der Waals surface area contributed by atoms with Crippen molar-refractivity contribution in [3.8, 4) is 0 Å². The van der Waals surface area contributed by atoms with Crippen LogP contribution in [0.2, 0.25) is 0 Å². The van der Waals surface area contributed by atoms with Crippen LogP contribution < -0.4 is 10.6 Å². The summed E-state index contributed by atoms with van der Waals surface area (Å²) in [6.07, 6.45) is -0.899. The number of aliphatic imine (C=N–C) groups is 1. The first-order valence-electron chi connectivity index (χ1n) is 9.31. The third-order valence-electron chi connectivity index (χ3n) is 4.54. The van der Waals surface area contributed by atoms with Gasteiger partial charge in [-0.2, -0.15) is 13.2 Å². The van der Waals surface area contributed by atoms with Crippen LogP contribution in [0.15, 0.2) is 53.7 Å². The zero-order valence-corrected chi connectivity index (χ0v) is 19.0. The van der Waals surface area contributed by atoms with E-state index in [0.717, 1.165) is 36.4 Å². The zero-order chi connectivity index (χ0) is 20.9. The van der Waals surface area contributed by atoms with Crippen LogP contribution >= 0.6 is 24.0 Å². The van der Waals surface area contributed by atoms with Crippen molar-refractivity contribution in [2.75, 3.05) is 13.6 Å². The van der Waals surface area contributed by atoms with Crippen molar-refractivity contribution in [1.29, 1.82) is 0 Å². The number of halogens is 4. The van der Waals surface area contributed by atoms with E-state index in [2.05, 4.69) is 25.8 Å². The van der Waals surface area contributed by atoms with Crippen molar-refractivity contribution in [2.24, 2.45) is 4.99 Å². The SMILES string of the molecule is CN=C(NCCCc1nnc2ccccn12)NC(C)c1cccc(C(F)(F)F)c1.I. The first-order chi connectivity index (χ1) is 13.9. The number of rotatable bonds is 6. The monoisotopic (exact) mass is 532 g/mol. The Morgan fingerprint density at radius 2 is 1.97 bits per heavy atom. The molecule has 0 aliphatic carbocycles. The second kappa shape index (κ2) is 10.6. The molecule has 1 unspecified atom stereocenters. The Hall–Kier alpha value is -2.37. The molecule has 30 heavy (non-hydrogen) atoms. The van der Waals surface area contributed by atoms with Crippen LogP contribution in [0.25, 0.3) is 5.65 Å². The van der Waals surface area contributed by atoms with Gasteiger partial charge in [-0.3, -0.25) is 9.39 Å². The fourth-order valence-electron chi connectivity index (χ4n) is 2.98. The van der Waals surface area contributed by atoms with E-state index in [9.17, 15) is 13.2 Å². The van der Waals surface area contributed by atoms with Crippen molar-refractivity contribution < 1.29 is 13.2 Å².